The zero-order chi connectivity index (χ0) is 10.6. The Morgan fingerprint density at radius 3 is 2.36 bits per heavy atom. The fourth-order valence-corrected chi connectivity index (χ4v) is 2.70. The van der Waals surface area contributed by atoms with Crippen molar-refractivity contribution >= 4 is 0 Å². The fraction of sp³-hybridized carbons (Fsp3) is 1.00. The van der Waals surface area contributed by atoms with Crippen molar-refractivity contribution in [1.29, 1.82) is 0 Å². The van der Waals surface area contributed by atoms with Crippen LogP contribution in [0.4, 0.5) is 0 Å². The predicted molar refractivity (Wildman–Crippen MR) is 57.2 cm³/mol. The van der Waals surface area contributed by atoms with Gasteiger partial charge in [0.1, 0.15) is 0 Å². The Morgan fingerprint density at radius 2 is 1.93 bits per heavy atom. The maximum atomic E-state index is 5.79. The first kappa shape index (κ1) is 12.0. The molecule has 0 aliphatic heterocycles. The van der Waals surface area contributed by atoms with E-state index in [1.807, 2.05) is 0 Å². The molecule has 0 saturated heterocycles. The van der Waals surface area contributed by atoms with E-state index in [1.54, 1.807) is 14.2 Å². The number of nitrogens with two attached hydrogens (primary N) is 1. The van der Waals surface area contributed by atoms with Crippen molar-refractivity contribution in [3.05, 3.63) is 0 Å². The maximum absolute atomic E-state index is 5.79. The summed E-state index contributed by atoms with van der Waals surface area (Å²) in [6.45, 7) is 2.88. The molecule has 1 saturated carbocycles. The Kier molecular flexibility index (Phi) is 4.85. The van der Waals surface area contributed by atoms with Gasteiger partial charge in [0, 0.05) is 26.7 Å². The highest BCUT2D eigenvalue weighted by atomic mass is 16.5. The molecule has 1 fully saturated rings. The van der Waals surface area contributed by atoms with Gasteiger partial charge in [0.25, 0.3) is 0 Å². The minimum Gasteiger partial charge on any atom is -0.381 e. The van der Waals surface area contributed by atoms with Crippen LogP contribution in [0.15, 0.2) is 0 Å². The number of rotatable bonds is 4. The van der Waals surface area contributed by atoms with Gasteiger partial charge in [0.05, 0.1) is 12.2 Å². The quantitative estimate of drug-likeness (QED) is 0.748. The zero-order valence-electron chi connectivity index (χ0n) is 9.53. The highest BCUT2D eigenvalue weighted by molar-refractivity contribution is 4.89. The molecule has 3 heteroatoms. The van der Waals surface area contributed by atoms with Crippen molar-refractivity contribution in [2.24, 2.45) is 17.6 Å². The minimum atomic E-state index is 0.281. The van der Waals surface area contributed by atoms with E-state index >= 15 is 0 Å². The van der Waals surface area contributed by atoms with Gasteiger partial charge in [-0.1, -0.05) is 13.3 Å². The molecule has 84 valence electrons. The molecule has 0 heterocycles. The third-order valence-electron chi connectivity index (χ3n) is 3.56. The van der Waals surface area contributed by atoms with Crippen LogP contribution < -0.4 is 5.73 Å². The van der Waals surface area contributed by atoms with Gasteiger partial charge >= 0.3 is 0 Å². The number of hydrogen-bond donors (Lipinski definition) is 1. The predicted octanol–water partition coefficient (Wildman–Crippen LogP) is 1.41. The summed E-state index contributed by atoms with van der Waals surface area (Å²) < 4.78 is 11.0. The van der Waals surface area contributed by atoms with Crippen LogP contribution >= 0.6 is 0 Å². The molecule has 4 unspecified atom stereocenters. The van der Waals surface area contributed by atoms with E-state index in [-0.39, 0.29) is 12.2 Å². The molecule has 0 bridgehead atoms. The molecule has 0 spiro atoms. The van der Waals surface area contributed by atoms with Crippen molar-refractivity contribution < 1.29 is 9.47 Å². The first-order valence-corrected chi connectivity index (χ1v) is 5.54. The van der Waals surface area contributed by atoms with Crippen LogP contribution in [0.1, 0.15) is 26.2 Å². The smallest absolute Gasteiger partial charge is 0.0664 e. The molecule has 0 aromatic carbocycles. The van der Waals surface area contributed by atoms with Crippen LogP contribution in [-0.4, -0.2) is 33.0 Å². The summed E-state index contributed by atoms with van der Waals surface area (Å²) in [4.78, 5) is 0. The van der Waals surface area contributed by atoms with Gasteiger partial charge < -0.3 is 15.2 Å². The van der Waals surface area contributed by atoms with Gasteiger partial charge in [-0.15, -0.1) is 0 Å². The highest BCUT2D eigenvalue weighted by Gasteiger charge is 2.38. The molecule has 1 rings (SSSR count). The van der Waals surface area contributed by atoms with Crippen LogP contribution in [0.25, 0.3) is 0 Å². The molecular formula is C11H23NO2. The second-order valence-corrected chi connectivity index (χ2v) is 4.12. The van der Waals surface area contributed by atoms with E-state index < -0.39 is 0 Å². The third-order valence-corrected chi connectivity index (χ3v) is 3.56. The first-order valence-electron chi connectivity index (χ1n) is 5.54. The SMILES string of the molecule is CCC1CCC(OC)C(CN)C1OC. The summed E-state index contributed by atoms with van der Waals surface area (Å²) in [5.74, 6) is 1.02. The van der Waals surface area contributed by atoms with Crippen molar-refractivity contribution in [2.75, 3.05) is 20.8 Å². The summed E-state index contributed by atoms with van der Waals surface area (Å²) in [5.41, 5.74) is 5.79. The summed E-state index contributed by atoms with van der Waals surface area (Å²) in [6, 6.07) is 0. The Morgan fingerprint density at radius 1 is 1.21 bits per heavy atom. The average Bonchev–Trinajstić information content (AvgIpc) is 2.26. The second kappa shape index (κ2) is 5.69. The van der Waals surface area contributed by atoms with Gasteiger partial charge in [-0.3, -0.25) is 0 Å². The minimum absolute atomic E-state index is 0.281. The Bertz CT molecular complexity index is 145. The first-order chi connectivity index (χ1) is 6.78. The molecule has 4 atom stereocenters. The van der Waals surface area contributed by atoms with Gasteiger partial charge in [-0.2, -0.15) is 0 Å². The molecule has 0 aromatic heterocycles. The molecule has 0 radical (unpaired) electrons. The molecule has 1 aliphatic carbocycles. The fourth-order valence-electron chi connectivity index (χ4n) is 2.70. The van der Waals surface area contributed by atoms with E-state index in [2.05, 4.69) is 6.92 Å². The monoisotopic (exact) mass is 201 g/mol. The summed E-state index contributed by atoms with van der Waals surface area (Å²) in [6.07, 6.45) is 4.06. The Balaban J connectivity index is 2.67. The maximum Gasteiger partial charge on any atom is 0.0664 e. The van der Waals surface area contributed by atoms with Crippen LogP contribution in [0.5, 0.6) is 0 Å². The molecule has 14 heavy (non-hydrogen) atoms. The summed E-state index contributed by atoms with van der Waals surface area (Å²) in [7, 11) is 3.56. The number of hydrogen-bond acceptors (Lipinski definition) is 3. The number of methoxy groups -OCH3 is 2. The molecule has 0 aromatic rings. The van der Waals surface area contributed by atoms with Gasteiger partial charge in [0.2, 0.25) is 0 Å². The standard InChI is InChI=1S/C11H23NO2/c1-4-8-5-6-10(13-2)9(7-12)11(8)14-3/h8-11H,4-7,12H2,1-3H3. The normalized spacial score (nSPS) is 38.6. The lowest BCUT2D eigenvalue weighted by Gasteiger charge is -2.41. The van der Waals surface area contributed by atoms with Crippen LogP contribution in [0.3, 0.4) is 0 Å². The molecule has 1 aliphatic rings. The largest absolute Gasteiger partial charge is 0.381 e. The molecule has 3 nitrogen and oxygen atoms in total. The average molecular weight is 201 g/mol. The molecule has 0 amide bonds. The van der Waals surface area contributed by atoms with Gasteiger partial charge in [0.15, 0.2) is 0 Å². The van der Waals surface area contributed by atoms with Gasteiger partial charge in [-0.25, -0.2) is 0 Å². The Hall–Kier alpha value is -0.120. The second-order valence-electron chi connectivity index (χ2n) is 4.12. The lowest BCUT2D eigenvalue weighted by molar-refractivity contribution is -0.0887. The van der Waals surface area contributed by atoms with E-state index in [4.69, 9.17) is 15.2 Å². The van der Waals surface area contributed by atoms with E-state index in [0.717, 1.165) is 6.42 Å². The van der Waals surface area contributed by atoms with Crippen molar-refractivity contribution in [3.63, 3.8) is 0 Å². The van der Waals surface area contributed by atoms with E-state index in [1.165, 1.54) is 12.8 Å². The third kappa shape index (κ3) is 2.27. The Labute approximate surface area is 86.9 Å². The number of ether oxygens (including phenoxy) is 2. The van der Waals surface area contributed by atoms with Crippen molar-refractivity contribution in [3.8, 4) is 0 Å². The highest BCUT2D eigenvalue weighted by Crippen LogP contribution is 2.34. The lowest BCUT2D eigenvalue weighted by atomic mass is 9.75. The van der Waals surface area contributed by atoms with Crippen LogP contribution in [-0.2, 0) is 9.47 Å². The van der Waals surface area contributed by atoms with Crippen molar-refractivity contribution in [1.82, 2.24) is 0 Å². The molecule has 2 N–H and O–H groups in total. The van der Waals surface area contributed by atoms with E-state index in [0.29, 0.717) is 18.4 Å². The van der Waals surface area contributed by atoms with Crippen LogP contribution in [0, 0.1) is 11.8 Å². The topological polar surface area (TPSA) is 44.5 Å². The molecular weight excluding hydrogens is 178 g/mol. The van der Waals surface area contributed by atoms with Crippen LogP contribution in [0.2, 0.25) is 0 Å². The van der Waals surface area contributed by atoms with Gasteiger partial charge in [-0.05, 0) is 18.8 Å². The summed E-state index contributed by atoms with van der Waals surface area (Å²) >= 11 is 0. The summed E-state index contributed by atoms with van der Waals surface area (Å²) in [5, 5.41) is 0. The van der Waals surface area contributed by atoms with Crippen molar-refractivity contribution in [2.45, 2.75) is 38.4 Å². The van der Waals surface area contributed by atoms with E-state index in [9.17, 15) is 0 Å². The zero-order valence-corrected chi connectivity index (χ0v) is 9.53. The lowest BCUT2D eigenvalue weighted by Crippen LogP contribution is -2.47.